The van der Waals surface area contributed by atoms with E-state index >= 15 is 0 Å². The van der Waals surface area contributed by atoms with E-state index in [2.05, 4.69) is 30.2 Å². The number of allylic oxidation sites excluding steroid dienone is 2. The van der Waals surface area contributed by atoms with Gasteiger partial charge in [-0.3, -0.25) is 14.5 Å². The number of carbonyl (C=O) groups excluding carboxylic acids is 1. The van der Waals surface area contributed by atoms with E-state index in [1.807, 2.05) is 24.3 Å². The van der Waals surface area contributed by atoms with Crippen LogP contribution in [0.4, 0.5) is 0 Å². The monoisotopic (exact) mass is 403 g/mol. The minimum absolute atomic E-state index is 0.00578. The van der Waals surface area contributed by atoms with Crippen molar-refractivity contribution in [1.82, 2.24) is 4.90 Å². The van der Waals surface area contributed by atoms with Crippen molar-refractivity contribution < 1.29 is 24.2 Å². The maximum Gasteiger partial charge on any atom is 0.303 e. The van der Waals surface area contributed by atoms with E-state index < -0.39 is 5.97 Å². The molecule has 0 unspecified atom stereocenters. The minimum atomic E-state index is -0.763. The molecule has 2 rings (SSSR count). The predicted octanol–water partition coefficient (Wildman–Crippen LogP) is 3.65. The van der Waals surface area contributed by atoms with Gasteiger partial charge in [0, 0.05) is 39.3 Å². The van der Waals surface area contributed by atoms with E-state index in [9.17, 15) is 9.59 Å². The third-order valence-electron chi connectivity index (χ3n) is 5.50. The number of carbonyl (C=O) groups is 2. The Kier molecular flexibility index (Phi) is 9.35. The molecule has 1 aliphatic carbocycles. The summed E-state index contributed by atoms with van der Waals surface area (Å²) in [7, 11) is 3.77. The van der Waals surface area contributed by atoms with Crippen LogP contribution < -0.4 is 0 Å². The lowest BCUT2D eigenvalue weighted by atomic mass is 9.95. The third-order valence-corrected chi connectivity index (χ3v) is 5.50. The van der Waals surface area contributed by atoms with Crippen LogP contribution in [-0.2, 0) is 25.6 Å². The first kappa shape index (κ1) is 23.1. The number of hydrogen-bond donors (Lipinski definition) is 1. The van der Waals surface area contributed by atoms with Crippen molar-refractivity contribution in [2.75, 3.05) is 14.2 Å². The highest BCUT2D eigenvalue weighted by Crippen LogP contribution is 2.37. The molecule has 160 valence electrons. The molecular formula is C23H33NO5. The van der Waals surface area contributed by atoms with Crippen molar-refractivity contribution in [2.24, 2.45) is 5.92 Å². The Hall–Kier alpha value is -2.18. The number of nitrogens with zero attached hydrogens (tertiary/aromatic N) is 1. The third kappa shape index (κ3) is 7.29. The van der Waals surface area contributed by atoms with E-state index in [-0.39, 0.29) is 36.6 Å². The van der Waals surface area contributed by atoms with Crippen LogP contribution in [0.15, 0.2) is 42.5 Å². The first-order valence-corrected chi connectivity index (χ1v) is 10.2. The van der Waals surface area contributed by atoms with Crippen molar-refractivity contribution in [3.63, 3.8) is 0 Å². The molecule has 0 aromatic heterocycles. The van der Waals surface area contributed by atoms with Gasteiger partial charge in [-0.05, 0) is 31.9 Å². The van der Waals surface area contributed by atoms with E-state index in [0.717, 1.165) is 19.4 Å². The summed E-state index contributed by atoms with van der Waals surface area (Å²) in [5.74, 6) is -0.845. The van der Waals surface area contributed by atoms with Gasteiger partial charge in [0.1, 0.15) is 6.10 Å². The normalized spacial score (nSPS) is 24.3. The lowest BCUT2D eigenvalue weighted by molar-refractivity contribution is -0.149. The summed E-state index contributed by atoms with van der Waals surface area (Å²) in [6, 6.07) is 10.3. The van der Waals surface area contributed by atoms with Gasteiger partial charge in [0.15, 0.2) is 0 Å². The first-order chi connectivity index (χ1) is 13.9. The average molecular weight is 404 g/mol. The van der Waals surface area contributed by atoms with E-state index in [1.54, 1.807) is 7.11 Å². The van der Waals surface area contributed by atoms with Crippen LogP contribution in [-0.4, -0.2) is 54.4 Å². The van der Waals surface area contributed by atoms with Crippen LogP contribution >= 0.6 is 0 Å². The summed E-state index contributed by atoms with van der Waals surface area (Å²) in [6.07, 6.45) is 6.99. The van der Waals surface area contributed by atoms with Gasteiger partial charge < -0.3 is 14.6 Å². The first-order valence-electron chi connectivity index (χ1n) is 10.2. The number of benzene rings is 1. The SMILES string of the molecule is CO[C@H]1C[C@@H](OC(C)=O)[C@H](N(C)Cc2ccccc2)[C@H]1CC=CCCCC(=O)O. The number of ether oxygens (including phenoxy) is 2. The Morgan fingerprint density at radius 3 is 2.55 bits per heavy atom. The Morgan fingerprint density at radius 2 is 1.93 bits per heavy atom. The second kappa shape index (κ2) is 11.7. The fraction of sp³-hybridized carbons (Fsp3) is 0.565. The second-order valence-electron chi connectivity index (χ2n) is 7.71. The van der Waals surface area contributed by atoms with Crippen molar-refractivity contribution in [3.8, 4) is 0 Å². The van der Waals surface area contributed by atoms with Gasteiger partial charge in [-0.2, -0.15) is 0 Å². The molecule has 1 aromatic carbocycles. The van der Waals surface area contributed by atoms with Gasteiger partial charge in [0.25, 0.3) is 0 Å². The fourth-order valence-corrected chi connectivity index (χ4v) is 4.26. The average Bonchev–Trinajstić information content (AvgIpc) is 3.01. The highest BCUT2D eigenvalue weighted by Gasteiger charge is 2.46. The second-order valence-corrected chi connectivity index (χ2v) is 7.71. The smallest absolute Gasteiger partial charge is 0.303 e. The van der Waals surface area contributed by atoms with Gasteiger partial charge >= 0.3 is 11.9 Å². The lowest BCUT2D eigenvalue weighted by Crippen LogP contribution is -2.44. The van der Waals surface area contributed by atoms with Crippen molar-refractivity contribution >= 4 is 11.9 Å². The zero-order chi connectivity index (χ0) is 21.2. The standard InChI is InChI=1S/C23H33NO5/c1-17(25)29-21-15-20(28-3)19(13-9-4-5-10-14-22(26)27)23(21)24(2)16-18-11-7-6-8-12-18/h4,6-9,11-12,19-21,23H,5,10,13-16H2,1-3H3,(H,26,27)/t19-,20-,21+,23+/m0/s1. The van der Waals surface area contributed by atoms with Crippen molar-refractivity contribution in [3.05, 3.63) is 48.0 Å². The number of methoxy groups -OCH3 is 1. The van der Waals surface area contributed by atoms with Crippen molar-refractivity contribution in [1.29, 1.82) is 0 Å². The van der Waals surface area contributed by atoms with Crippen LogP contribution in [0.5, 0.6) is 0 Å². The summed E-state index contributed by atoms with van der Waals surface area (Å²) in [5, 5.41) is 8.74. The molecule has 29 heavy (non-hydrogen) atoms. The number of carboxylic acid groups (broad SMARTS) is 1. The van der Waals surface area contributed by atoms with Crippen LogP contribution in [0, 0.1) is 5.92 Å². The maximum atomic E-state index is 11.7. The molecule has 1 aromatic rings. The molecule has 0 radical (unpaired) electrons. The van der Waals surface area contributed by atoms with Crippen LogP contribution in [0.25, 0.3) is 0 Å². The Labute approximate surface area is 173 Å². The number of rotatable bonds is 11. The summed E-state index contributed by atoms with van der Waals surface area (Å²) in [6.45, 7) is 2.21. The number of hydrogen-bond acceptors (Lipinski definition) is 5. The predicted molar refractivity (Wildman–Crippen MR) is 111 cm³/mol. The fourth-order valence-electron chi connectivity index (χ4n) is 4.26. The number of aliphatic carboxylic acids is 1. The molecule has 6 nitrogen and oxygen atoms in total. The molecule has 0 saturated heterocycles. The summed E-state index contributed by atoms with van der Waals surface area (Å²) in [4.78, 5) is 24.6. The van der Waals surface area contributed by atoms with Gasteiger partial charge in [-0.25, -0.2) is 0 Å². The molecular weight excluding hydrogens is 370 g/mol. The maximum absolute atomic E-state index is 11.7. The topological polar surface area (TPSA) is 76.1 Å². The van der Waals surface area contributed by atoms with Crippen LogP contribution in [0.3, 0.4) is 0 Å². The van der Waals surface area contributed by atoms with Gasteiger partial charge in [-0.15, -0.1) is 0 Å². The molecule has 0 spiro atoms. The van der Waals surface area contributed by atoms with E-state index in [0.29, 0.717) is 12.8 Å². The Balaban J connectivity index is 2.09. The summed E-state index contributed by atoms with van der Waals surface area (Å²) >= 11 is 0. The molecule has 1 saturated carbocycles. The number of likely N-dealkylation sites (N-methyl/N-ethyl adjacent to an activating group) is 1. The van der Waals surface area contributed by atoms with Crippen LogP contribution in [0.1, 0.15) is 44.6 Å². The summed E-state index contributed by atoms with van der Waals surface area (Å²) < 4.78 is 11.4. The minimum Gasteiger partial charge on any atom is -0.481 e. The molecule has 4 atom stereocenters. The van der Waals surface area contributed by atoms with E-state index in [1.165, 1.54) is 12.5 Å². The molecule has 6 heteroatoms. The molecule has 0 bridgehead atoms. The number of esters is 1. The number of carboxylic acids is 1. The molecule has 1 fully saturated rings. The van der Waals surface area contributed by atoms with Gasteiger partial charge in [0.05, 0.1) is 12.1 Å². The molecule has 1 N–H and O–H groups in total. The molecule has 1 aliphatic rings. The Bertz CT molecular complexity index is 675. The largest absolute Gasteiger partial charge is 0.481 e. The van der Waals surface area contributed by atoms with Crippen LogP contribution in [0.2, 0.25) is 0 Å². The summed E-state index contributed by atoms with van der Waals surface area (Å²) in [5.41, 5.74) is 1.21. The molecule has 0 aliphatic heterocycles. The zero-order valence-corrected chi connectivity index (χ0v) is 17.6. The molecule has 0 heterocycles. The highest BCUT2D eigenvalue weighted by molar-refractivity contribution is 5.66. The highest BCUT2D eigenvalue weighted by atomic mass is 16.5. The van der Waals surface area contributed by atoms with Gasteiger partial charge in [-0.1, -0.05) is 42.5 Å². The van der Waals surface area contributed by atoms with Gasteiger partial charge in [0.2, 0.25) is 0 Å². The zero-order valence-electron chi connectivity index (χ0n) is 17.6. The number of unbranched alkanes of at least 4 members (excludes halogenated alkanes) is 1. The quantitative estimate of drug-likeness (QED) is 0.345. The Morgan fingerprint density at radius 1 is 1.21 bits per heavy atom. The lowest BCUT2D eigenvalue weighted by Gasteiger charge is -2.33. The van der Waals surface area contributed by atoms with E-state index in [4.69, 9.17) is 14.6 Å². The van der Waals surface area contributed by atoms with Crippen molar-refractivity contribution in [2.45, 2.75) is 63.8 Å². The molecule has 0 amide bonds.